The molecule has 2 aromatic carbocycles. The molecule has 0 atom stereocenters. The van der Waals surface area contributed by atoms with E-state index in [0.29, 0.717) is 11.5 Å². The molecule has 6 heteroatoms. The Morgan fingerprint density at radius 1 is 1.00 bits per heavy atom. The highest BCUT2D eigenvalue weighted by Gasteiger charge is 2.19. The molecule has 2 aromatic rings. The summed E-state index contributed by atoms with van der Waals surface area (Å²) < 4.78 is 10.5. The summed E-state index contributed by atoms with van der Waals surface area (Å²) >= 11 is 0. The van der Waals surface area contributed by atoms with Gasteiger partial charge in [-0.05, 0) is 35.2 Å². The lowest BCUT2D eigenvalue weighted by Crippen LogP contribution is -2.36. The van der Waals surface area contributed by atoms with Crippen molar-refractivity contribution in [3.05, 3.63) is 59.2 Å². The molecule has 0 aromatic heterocycles. The third-order valence-corrected chi connectivity index (χ3v) is 4.30. The lowest BCUT2D eigenvalue weighted by Gasteiger charge is -2.22. The van der Waals surface area contributed by atoms with Crippen LogP contribution in [0.2, 0.25) is 0 Å². The summed E-state index contributed by atoms with van der Waals surface area (Å²) in [6, 6.07) is 13.0. The average molecular weight is 371 g/mol. The first-order chi connectivity index (χ1) is 13.0. The Kier molecular flexibility index (Phi) is 7.23. The van der Waals surface area contributed by atoms with E-state index in [4.69, 9.17) is 9.47 Å². The van der Waals surface area contributed by atoms with Crippen LogP contribution in [0.4, 0.5) is 0 Å². The second-order valence-corrected chi connectivity index (χ2v) is 6.16. The number of benzene rings is 2. The number of carbonyl (C=O) groups is 2. The van der Waals surface area contributed by atoms with Crippen molar-refractivity contribution >= 4 is 11.9 Å². The van der Waals surface area contributed by atoms with Crippen LogP contribution in [-0.2, 0) is 29.0 Å². The summed E-state index contributed by atoms with van der Waals surface area (Å²) in [6.07, 6.45) is 0.980. The third kappa shape index (κ3) is 5.74. The van der Waals surface area contributed by atoms with Crippen LogP contribution >= 0.6 is 0 Å². The van der Waals surface area contributed by atoms with Gasteiger partial charge in [0.2, 0.25) is 5.91 Å². The van der Waals surface area contributed by atoms with E-state index in [1.807, 2.05) is 31.2 Å². The first kappa shape index (κ1) is 20.3. The molecule has 0 aliphatic carbocycles. The summed E-state index contributed by atoms with van der Waals surface area (Å²) in [7, 11) is 3.08. The van der Waals surface area contributed by atoms with Crippen molar-refractivity contribution in [1.29, 1.82) is 0 Å². The summed E-state index contributed by atoms with van der Waals surface area (Å²) in [6.45, 7) is 1.82. The van der Waals surface area contributed by atoms with Gasteiger partial charge in [-0.25, -0.2) is 0 Å². The number of hydrogen-bond acceptors (Lipinski definition) is 4. The number of nitrogens with zero attached hydrogens (tertiary/aromatic N) is 1. The number of aryl methyl sites for hydroxylation is 1. The zero-order chi connectivity index (χ0) is 19.8. The molecule has 144 valence electrons. The highest BCUT2D eigenvalue weighted by molar-refractivity contribution is 5.83. The van der Waals surface area contributed by atoms with Gasteiger partial charge < -0.3 is 19.5 Å². The Hall–Kier alpha value is -3.02. The molecule has 0 spiro atoms. The van der Waals surface area contributed by atoms with Crippen molar-refractivity contribution in [2.75, 3.05) is 20.8 Å². The van der Waals surface area contributed by atoms with Crippen molar-refractivity contribution in [1.82, 2.24) is 4.90 Å². The molecule has 0 fully saturated rings. The van der Waals surface area contributed by atoms with E-state index in [2.05, 4.69) is 0 Å². The maximum Gasteiger partial charge on any atom is 0.323 e. The van der Waals surface area contributed by atoms with Gasteiger partial charge in [0.25, 0.3) is 0 Å². The van der Waals surface area contributed by atoms with Crippen LogP contribution in [0.1, 0.15) is 23.6 Å². The molecule has 0 unspecified atom stereocenters. The second kappa shape index (κ2) is 9.62. The molecule has 1 amide bonds. The maximum atomic E-state index is 12.8. The molecule has 0 heterocycles. The SMILES string of the molecule is CCc1ccccc1CC(=O)N(CC(=O)O)Cc1cc(OC)cc(OC)c1. The molecule has 0 aliphatic rings. The maximum absolute atomic E-state index is 12.8. The number of hydrogen-bond donors (Lipinski definition) is 1. The van der Waals surface area contributed by atoms with E-state index in [1.54, 1.807) is 32.4 Å². The Morgan fingerprint density at radius 2 is 1.59 bits per heavy atom. The third-order valence-electron chi connectivity index (χ3n) is 4.30. The predicted octanol–water partition coefficient (Wildman–Crippen LogP) is 2.92. The van der Waals surface area contributed by atoms with Crippen molar-refractivity contribution in [2.24, 2.45) is 0 Å². The van der Waals surface area contributed by atoms with Crippen LogP contribution in [0.3, 0.4) is 0 Å². The zero-order valence-corrected chi connectivity index (χ0v) is 15.9. The Labute approximate surface area is 159 Å². The molecule has 27 heavy (non-hydrogen) atoms. The predicted molar refractivity (Wildman–Crippen MR) is 102 cm³/mol. The van der Waals surface area contributed by atoms with Crippen molar-refractivity contribution < 1.29 is 24.2 Å². The van der Waals surface area contributed by atoms with E-state index in [9.17, 15) is 14.7 Å². The molecule has 0 aliphatic heterocycles. The quantitative estimate of drug-likeness (QED) is 0.733. The minimum absolute atomic E-state index is 0.160. The normalized spacial score (nSPS) is 10.3. The molecule has 0 bridgehead atoms. The number of ether oxygens (including phenoxy) is 2. The molecule has 0 radical (unpaired) electrons. The van der Waals surface area contributed by atoms with Crippen molar-refractivity contribution in [3.63, 3.8) is 0 Å². The van der Waals surface area contributed by atoms with Gasteiger partial charge >= 0.3 is 5.97 Å². The summed E-state index contributed by atoms with van der Waals surface area (Å²) in [4.78, 5) is 25.4. The number of carboxylic acid groups (broad SMARTS) is 1. The zero-order valence-electron chi connectivity index (χ0n) is 15.9. The van der Waals surface area contributed by atoms with Crippen LogP contribution in [-0.4, -0.2) is 42.6 Å². The van der Waals surface area contributed by atoms with Gasteiger partial charge in [0.1, 0.15) is 18.0 Å². The number of carboxylic acids is 1. The monoisotopic (exact) mass is 371 g/mol. The Morgan fingerprint density at radius 3 is 2.11 bits per heavy atom. The Bertz CT molecular complexity index is 781. The number of amides is 1. The minimum Gasteiger partial charge on any atom is -0.497 e. The Balaban J connectivity index is 2.24. The van der Waals surface area contributed by atoms with Gasteiger partial charge in [0, 0.05) is 12.6 Å². The smallest absolute Gasteiger partial charge is 0.323 e. The van der Waals surface area contributed by atoms with Crippen molar-refractivity contribution in [2.45, 2.75) is 26.3 Å². The van der Waals surface area contributed by atoms with Gasteiger partial charge in [-0.1, -0.05) is 31.2 Å². The van der Waals surface area contributed by atoms with E-state index < -0.39 is 5.97 Å². The molecule has 2 rings (SSSR count). The fraction of sp³-hybridized carbons (Fsp3) is 0.333. The minimum atomic E-state index is -1.05. The van der Waals surface area contributed by atoms with Gasteiger partial charge in [-0.15, -0.1) is 0 Å². The summed E-state index contributed by atoms with van der Waals surface area (Å²) in [5.41, 5.74) is 2.75. The molecular weight excluding hydrogens is 346 g/mol. The standard InChI is InChI=1S/C21H25NO5/c1-4-16-7-5-6-8-17(16)11-20(23)22(14-21(24)25)13-15-9-18(26-2)12-19(10-15)27-3/h5-10,12H,4,11,13-14H2,1-3H3,(H,24,25). The first-order valence-electron chi connectivity index (χ1n) is 8.75. The summed E-state index contributed by atoms with van der Waals surface area (Å²) in [5.74, 6) is -0.117. The highest BCUT2D eigenvalue weighted by Crippen LogP contribution is 2.24. The molecular formula is C21H25NO5. The largest absolute Gasteiger partial charge is 0.497 e. The molecule has 0 saturated carbocycles. The lowest BCUT2D eigenvalue weighted by atomic mass is 10.0. The van der Waals surface area contributed by atoms with Crippen LogP contribution in [0.5, 0.6) is 11.5 Å². The number of carbonyl (C=O) groups excluding carboxylic acids is 1. The molecule has 0 saturated heterocycles. The second-order valence-electron chi connectivity index (χ2n) is 6.16. The van der Waals surface area contributed by atoms with E-state index >= 15 is 0 Å². The van der Waals surface area contributed by atoms with Gasteiger partial charge in [-0.3, -0.25) is 9.59 Å². The van der Waals surface area contributed by atoms with Crippen LogP contribution in [0.15, 0.2) is 42.5 Å². The number of aliphatic carboxylic acids is 1. The average Bonchev–Trinajstić information content (AvgIpc) is 2.67. The molecule has 1 N–H and O–H groups in total. The van der Waals surface area contributed by atoms with Gasteiger partial charge in [0.15, 0.2) is 0 Å². The molecule has 6 nitrogen and oxygen atoms in total. The van der Waals surface area contributed by atoms with E-state index in [0.717, 1.165) is 23.1 Å². The fourth-order valence-corrected chi connectivity index (χ4v) is 2.92. The fourth-order valence-electron chi connectivity index (χ4n) is 2.92. The topological polar surface area (TPSA) is 76.1 Å². The van der Waals surface area contributed by atoms with Crippen LogP contribution in [0, 0.1) is 0 Å². The van der Waals surface area contributed by atoms with E-state index in [1.165, 1.54) is 4.90 Å². The highest BCUT2D eigenvalue weighted by atomic mass is 16.5. The van der Waals surface area contributed by atoms with Crippen LogP contribution < -0.4 is 9.47 Å². The lowest BCUT2D eigenvalue weighted by molar-refractivity contribution is -0.144. The number of rotatable bonds is 9. The van der Waals surface area contributed by atoms with Crippen LogP contribution in [0.25, 0.3) is 0 Å². The number of methoxy groups -OCH3 is 2. The summed E-state index contributed by atoms with van der Waals surface area (Å²) in [5, 5.41) is 9.24. The van der Waals surface area contributed by atoms with E-state index in [-0.39, 0.29) is 25.4 Å². The first-order valence-corrected chi connectivity index (χ1v) is 8.75. The van der Waals surface area contributed by atoms with Crippen molar-refractivity contribution in [3.8, 4) is 11.5 Å². The van der Waals surface area contributed by atoms with Gasteiger partial charge in [0.05, 0.1) is 20.6 Å². The van der Waals surface area contributed by atoms with Gasteiger partial charge in [-0.2, -0.15) is 0 Å².